The maximum absolute atomic E-state index is 13.0. The third-order valence-corrected chi connectivity index (χ3v) is 5.64. The van der Waals surface area contributed by atoms with Crippen LogP contribution in [0.2, 0.25) is 0 Å². The SMILES string of the molecule is O=C(c1cc(=O)[nH]c2ccccc12)N1CCC(N2CCCCC2)CC1. The second-order valence-corrected chi connectivity index (χ2v) is 7.21. The van der Waals surface area contributed by atoms with Gasteiger partial charge in [0.1, 0.15) is 0 Å². The summed E-state index contributed by atoms with van der Waals surface area (Å²) in [6.45, 7) is 3.97. The van der Waals surface area contributed by atoms with Crippen LogP contribution in [0.4, 0.5) is 0 Å². The summed E-state index contributed by atoms with van der Waals surface area (Å²) in [6, 6.07) is 9.58. The molecule has 4 rings (SSSR count). The first kappa shape index (κ1) is 16.3. The minimum Gasteiger partial charge on any atom is -0.339 e. The zero-order valence-corrected chi connectivity index (χ0v) is 14.5. The van der Waals surface area contributed by atoms with E-state index in [1.165, 1.54) is 38.4 Å². The number of nitrogens with one attached hydrogen (secondary N) is 1. The number of para-hydroxylation sites is 1. The minimum absolute atomic E-state index is 0.0144. The number of pyridine rings is 1. The van der Waals surface area contributed by atoms with E-state index in [9.17, 15) is 9.59 Å². The Hall–Kier alpha value is -2.14. The normalized spacial score (nSPS) is 20.1. The summed E-state index contributed by atoms with van der Waals surface area (Å²) in [5.74, 6) is -0.0144. The zero-order chi connectivity index (χ0) is 17.2. The van der Waals surface area contributed by atoms with Gasteiger partial charge in [0.05, 0.1) is 5.56 Å². The summed E-state index contributed by atoms with van der Waals surface area (Å²) < 4.78 is 0. The van der Waals surface area contributed by atoms with Gasteiger partial charge in [-0.3, -0.25) is 9.59 Å². The van der Waals surface area contributed by atoms with Crippen molar-refractivity contribution in [2.24, 2.45) is 0 Å². The molecule has 1 aromatic carbocycles. The highest BCUT2D eigenvalue weighted by atomic mass is 16.2. The number of aromatic nitrogens is 1. The molecule has 25 heavy (non-hydrogen) atoms. The molecule has 2 saturated heterocycles. The van der Waals surface area contributed by atoms with Gasteiger partial charge in [-0.15, -0.1) is 0 Å². The molecule has 5 heteroatoms. The van der Waals surface area contributed by atoms with E-state index in [2.05, 4.69) is 9.88 Å². The average Bonchev–Trinajstić information content (AvgIpc) is 2.67. The molecule has 132 valence electrons. The van der Waals surface area contributed by atoms with Crippen LogP contribution in [0, 0.1) is 0 Å². The number of hydrogen-bond acceptors (Lipinski definition) is 3. The van der Waals surface area contributed by atoms with Crippen LogP contribution >= 0.6 is 0 Å². The lowest BCUT2D eigenvalue weighted by Gasteiger charge is -2.40. The van der Waals surface area contributed by atoms with Crippen LogP contribution in [0.25, 0.3) is 10.9 Å². The Morgan fingerprint density at radius 3 is 2.48 bits per heavy atom. The number of carbonyl (C=O) groups is 1. The quantitative estimate of drug-likeness (QED) is 0.915. The summed E-state index contributed by atoms with van der Waals surface area (Å²) in [4.78, 5) is 32.3. The first-order valence-electron chi connectivity index (χ1n) is 9.38. The van der Waals surface area contributed by atoms with Crippen LogP contribution in [0.1, 0.15) is 42.5 Å². The first-order valence-corrected chi connectivity index (χ1v) is 9.38. The Morgan fingerprint density at radius 1 is 1.00 bits per heavy atom. The van der Waals surface area contributed by atoms with Gasteiger partial charge in [-0.05, 0) is 44.8 Å². The summed E-state index contributed by atoms with van der Waals surface area (Å²) in [7, 11) is 0. The standard InChI is InChI=1S/C20H25N3O2/c24-19-14-17(16-6-2-3-7-18(16)21-19)20(25)23-12-8-15(9-13-23)22-10-4-1-5-11-22/h2-3,6-7,14-15H,1,4-5,8-13H2,(H,21,24). The molecule has 0 radical (unpaired) electrons. The largest absolute Gasteiger partial charge is 0.339 e. The molecule has 2 aromatic rings. The molecule has 2 aliphatic rings. The molecular weight excluding hydrogens is 314 g/mol. The van der Waals surface area contributed by atoms with Crippen LogP contribution in [-0.4, -0.2) is 52.9 Å². The molecule has 1 aromatic heterocycles. The zero-order valence-electron chi connectivity index (χ0n) is 14.5. The molecule has 5 nitrogen and oxygen atoms in total. The van der Waals surface area contributed by atoms with Crippen LogP contribution in [0.15, 0.2) is 35.1 Å². The van der Waals surface area contributed by atoms with E-state index in [0.29, 0.717) is 11.6 Å². The minimum atomic E-state index is -0.217. The second-order valence-electron chi connectivity index (χ2n) is 7.21. The summed E-state index contributed by atoms with van der Waals surface area (Å²) in [5.41, 5.74) is 1.03. The fourth-order valence-electron chi connectivity index (χ4n) is 4.27. The Labute approximate surface area is 147 Å². The molecule has 0 atom stereocenters. The monoisotopic (exact) mass is 339 g/mol. The molecule has 1 amide bonds. The van der Waals surface area contributed by atoms with E-state index >= 15 is 0 Å². The van der Waals surface area contributed by atoms with Gasteiger partial charge < -0.3 is 14.8 Å². The molecule has 0 saturated carbocycles. The van der Waals surface area contributed by atoms with Crippen molar-refractivity contribution in [3.8, 4) is 0 Å². The van der Waals surface area contributed by atoms with Gasteiger partial charge in [-0.25, -0.2) is 0 Å². The highest BCUT2D eigenvalue weighted by Gasteiger charge is 2.28. The number of fused-ring (bicyclic) bond motifs is 1. The maximum Gasteiger partial charge on any atom is 0.254 e. The summed E-state index contributed by atoms with van der Waals surface area (Å²) in [6.07, 6.45) is 6.03. The number of nitrogens with zero attached hydrogens (tertiary/aromatic N) is 2. The molecule has 0 spiro atoms. The smallest absolute Gasteiger partial charge is 0.254 e. The van der Waals surface area contributed by atoms with Gasteiger partial charge in [0.15, 0.2) is 0 Å². The lowest BCUT2D eigenvalue weighted by Crippen LogP contribution is -2.48. The number of likely N-dealkylation sites (tertiary alicyclic amines) is 2. The van der Waals surface area contributed by atoms with Crippen molar-refractivity contribution in [3.05, 3.63) is 46.2 Å². The van der Waals surface area contributed by atoms with Crippen LogP contribution < -0.4 is 5.56 Å². The molecule has 0 bridgehead atoms. The van der Waals surface area contributed by atoms with Gasteiger partial charge in [0.25, 0.3) is 5.91 Å². The highest BCUT2D eigenvalue weighted by Crippen LogP contribution is 2.23. The van der Waals surface area contributed by atoms with Crippen molar-refractivity contribution in [2.75, 3.05) is 26.2 Å². The topological polar surface area (TPSA) is 56.4 Å². The Morgan fingerprint density at radius 2 is 1.72 bits per heavy atom. The van der Waals surface area contributed by atoms with Gasteiger partial charge in [0.2, 0.25) is 5.56 Å². The molecule has 1 N–H and O–H groups in total. The maximum atomic E-state index is 13.0. The Bertz CT molecular complexity index is 815. The van der Waals surface area contributed by atoms with Crippen molar-refractivity contribution < 1.29 is 4.79 Å². The molecule has 3 heterocycles. The van der Waals surface area contributed by atoms with E-state index < -0.39 is 0 Å². The first-order chi connectivity index (χ1) is 12.2. The number of rotatable bonds is 2. The number of H-pyrrole nitrogens is 1. The lowest BCUT2D eigenvalue weighted by molar-refractivity contribution is 0.0591. The van der Waals surface area contributed by atoms with Crippen LogP contribution in [-0.2, 0) is 0 Å². The average molecular weight is 339 g/mol. The number of amides is 1. The van der Waals surface area contributed by atoms with E-state index in [-0.39, 0.29) is 11.5 Å². The van der Waals surface area contributed by atoms with Crippen LogP contribution in [0.3, 0.4) is 0 Å². The number of piperidine rings is 2. The number of carbonyl (C=O) groups excluding carboxylic acids is 1. The molecule has 0 aliphatic carbocycles. The number of hydrogen-bond donors (Lipinski definition) is 1. The second kappa shape index (κ2) is 7.00. The summed E-state index contributed by atoms with van der Waals surface area (Å²) >= 11 is 0. The van der Waals surface area contributed by atoms with E-state index in [1.54, 1.807) is 0 Å². The molecule has 0 unspecified atom stereocenters. The van der Waals surface area contributed by atoms with Crippen molar-refractivity contribution in [1.82, 2.24) is 14.8 Å². The molecule has 2 fully saturated rings. The third kappa shape index (κ3) is 3.33. The van der Waals surface area contributed by atoms with Crippen LogP contribution in [0.5, 0.6) is 0 Å². The third-order valence-electron chi connectivity index (χ3n) is 5.64. The lowest BCUT2D eigenvalue weighted by atomic mass is 9.99. The fourth-order valence-corrected chi connectivity index (χ4v) is 4.27. The molecular formula is C20H25N3O2. The highest BCUT2D eigenvalue weighted by molar-refractivity contribution is 6.05. The van der Waals surface area contributed by atoms with Crippen molar-refractivity contribution in [2.45, 2.75) is 38.1 Å². The van der Waals surface area contributed by atoms with Crippen molar-refractivity contribution in [1.29, 1.82) is 0 Å². The predicted molar refractivity (Wildman–Crippen MR) is 98.9 cm³/mol. The van der Waals surface area contributed by atoms with E-state index in [0.717, 1.165) is 36.8 Å². The van der Waals surface area contributed by atoms with Gasteiger partial charge >= 0.3 is 0 Å². The van der Waals surface area contributed by atoms with Gasteiger partial charge in [-0.1, -0.05) is 24.6 Å². The fraction of sp³-hybridized carbons (Fsp3) is 0.500. The van der Waals surface area contributed by atoms with E-state index in [4.69, 9.17) is 0 Å². The van der Waals surface area contributed by atoms with Gasteiger partial charge in [-0.2, -0.15) is 0 Å². The Kier molecular flexibility index (Phi) is 4.57. The number of aromatic amines is 1. The summed E-state index contributed by atoms with van der Waals surface area (Å²) in [5, 5.41) is 0.824. The predicted octanol–water partition coefficient (Wildman–Crippen LogP) is 2.62. The van der Waals surface area contributed by atoms with E-state index in [1.807, 2.05) is 29.2 Å². The number of benzene rings is 1. The van der Waals surface area contributed by atoms with Gasteiger partial charge in [0, 0.05) is 36.1 Å². The van der Waals surface area contributed by atoms with Crippen molar-refractivity contribution >= 4 is 16.8 Å². The molecule has 2 aliphatic heterocycles. The Balaban J connectivity index is 1.50. The van der Waals surface area contributed by atoms with Crippen molar-refractivity contribution in [3.63, 3.8) is 0 Å².